The maximum Gasteiger partial charge on any atom is 0.224 e. The van der Waals surface area contributed by atoms with Crippen LogP contribution in [0.5, 0.6) is 5.75 Å². The molecule has 0 bridgehead atoms. The van der Waals surface area contributed by atoms with Crippen molar-refractivity contribution in [1.29, 1.82) is 0 Å². The molecule has 1 N–H and O–H groups in total. The first kappa shape index (κ1) is 17.3. The summed E-state index contributed by atoms with van der Waals surface area (Å²) in [5.74, 6) is 1.48. The summed E-state index contributed by atoms with van der Waals surface area (Å²) >= 11 is 0. The molecule has 1 saturated heterocycles. The maximum absolute atomic E-state index is 12.1. The van der Waals surface area contributed by atoms with E-state index in [-0.39, 0.29) is 5.91 Å². The molecule has 0 radical (unpaired) electrons. The number of carbonyl (C=O) groups excluding carboxylic acids is 1. The van der Waals surface area contributed by atoms with Gasteiger partial charge in [-0.15, -0.1) is 0 Å². The van der Waals surface area contributed by atoms with E-state index in [4.69, 9.17) is 4.74 Å². The zero-order chi connectivity index (χ0) is 17.6. The highest BCUT2D eigenvalue weighted by atomic mass is 16.5. The molecule has 4 heteroatoms. The molecule has 1 amide bonds. The number of amides is 1. The molecule has 1 heterocycles. The Morgan fingerprint density at radius 1 is 1.24 bits per heavy atom. The standard InChI is InChI=1S/C21H26N2O2/c1-16-6-8-17(9-7-16)12-21(24)22-14-18-10-11-23(15-18)19-4-3-5-20(13-19)25-2/h3-9,13,18H,10-12,14-15H2,1-2H3,(H,22,24)/t18-/m1/s1. The number of hydrogen-bond acceptors (Lipinski definition) is 3. The minimum Gasteiger partial charge on any atom is -0.497 e. The van der Waals surface area contributed by atoms with Gasteiger partial charge in [0.05, 0.1) is 13.5 Å². The second-order valence-corrected chi connectivity index (χ2v) is 6.77. The summed E-state index contributed by atoms with van der Waals surface area (Å²) in [5, 5.41) is 3.09. The predicted molar refractivity (Wildman–Crippen MR) is 101 cm³/mol. The largest absolute Gasteiger partial charge is 0.497 e. The number of hydrogen-bond donors (Lipinski definition) is 1. The molecule has 3 rings (SSSR count). The van der Waals surface area contributed by atoms with Gasteiger partial charge in [-0.1, -0.05) is 35.9 Å². The van der Waals surface area contributed by atoms with Crippen molar-refractivity contribution in [2.45, 2.75) is 19.8 Å². The molecule has 25 heavy (non-hydrogen) atoms. The van der Waals surface area contributed by atoms with Crippen molar-refractivity contribution in [3.63, 3.8) is 0 Å². The van der Waals surface area contributed by atoms with E-state index in [0.29, 0.717) is 12.3 Å². The van der Waals surface area contributed by atoms with Gasteiger partial charge < -0.3 is 15.0 Å². The highest BCUT2D eigenvalue weighted by Crippen LogP contribution is 2.26. The van der Waals surface area contributed by atoms with Crippen LogP contribution in [-0.4, -0.2) is 32.7 Å². The van der Waals surface area contributed by atoms with Crippen LogP contribution >= 0.6 is 0 Å². The third kappa shape index (κ3) is 4.75. The highest BCUT2D eigenvalue weighted by molar-refractivity contribution is 5.78. The van der Waals surface area contributed by atoms with Gasteiger partial charge in [0.25, 0.3) is 0 Å². The van der Waals surface area contributed by atoms with Gasteiger partial charge in [-0.3, -0.25) is 4.79 Å². The van der Waals surface area contributed by atoms with E-state index in [0.717, 1.165) is 37.4 Å². The van der Waals surface area contributed by atoms with E-state index >= 15 is 0 Å². The van der Waals surface area contributed by atoms with Gasteiger partial charge in [0, 0.05) is 31.4 Å². The third-order valence-electron chi connectivity index (χ3n) is 4.78. The zero-order valence-electron chi connectivity index (χ0n) is 15.0. The van der Waals surface area contributed by atoms with Gasteiger partial charge in [-0.25, -0.2) is 0 Å². The van der Waals surface area contributed by atoms with Gasteiger partial charge in [0.1, 0.15) is 5.75 Å². The predicted octanol–water partition coefficient (Wildman–Crippen LogP) is 3.19. The maximum atomic E-state index is 12.1. The molecule has 132 valence electrons. The molecule has 0 aliphatic carbocycles. The van der Waals surface area contributed by atoms with Crippen LogP contribution in [0.1, 0.15) is 17.5 Å². The molecule has 0 spiro atoms. The van der Waals surface area contributed by atoms with Gasteiger partial charge in [-0.2, -0.15) is 0 Å². The first-order valence-electron chi connectivity index (χ1n) is 8.85. The molecular weight excluding hydrogens is 312 g/mol. The van der Waals surface area contributed by atoms with Crippen LogP contribution in [0.2, 0.25) is 0 Å². The minimum absolute atomic E-state index is 0.101. The fraction of sp³-hybridized carbons (Fsp3) is 0.381. The number of nitrogens with zero attached hydrogens (tertiary/aromatic N) is 1. The van der Waals surface area contributed by atoms with Gasteiger partial charge in [0.15, 0.2) is 0 Å². The molecule has 1 fully saturated rings. The van der Waals surface area contributed by atoms with Crippen molar-refractivity contribution in [2.75, 3.05) is 31.6 Å². The van der Waals surface area contributed by atoms with Gasteiger partial charge in [-0.05, 0) is 37.0 Å². The fourth-order valence-electron chi connectivity index (χ4n) is 3.25. The lowest BCUT2D eigenvalue weighted by molar-refractivity contribution is -0.120. The number of methoxy groups -OCH3 is 1. The Kier molecular flexibility index (Phi) is 5.59. The van der Waals surface area contributed by atoms with Crippen LogP contribution in [0.25, 0.3) is 0 Å². The van der Waals surface area contributed by atoms with Crippen molar-refractivity contribution >= 4 is 11.6 Å². The number of anilines is 1. The summed E-state index contributed by atoms with van der Waals surface area (Å²) in [4.78, 5) is 14.5. The van der Waals surface area contributed by atoms with Crippen molar-refractivity contribution in [2.24, 2.45) is 5.92 Å². The molecule has 2 aromatic carbocycles. The first-order valence-corrected chi connectivity index (χ1v) is 8.85. The van der Waals surface area contributed by atoms with Crippen molar-refractivity contribution in [1.82, 2.24) is 5.32 Å². The topological polar surface area (TPSA) is 41.6 Å². The average molecular weight is 338 g/mol. The fourth-order valence-corrected chi connectivity index (χ4v) is 3.25. The average Bonchev–Trinajstić information content (AvgIpc) is 3.11. The summed E-state index contributed by atoms with van der Waals surface area (Å²) in [6, 6.07) is 16.3. The van der Waals surface area contributed by atoms with Crippen molar-refractivity contribution < 1.29 is 9.53 Å². The number of carbonyl (C=O) groups is 1. The molecule has 0 unspecified atom stereocenters. The van der Waals surface area contributed by atoms with Gasteiger partial charge >= 0.3 is 0 Å². The van der Waals surface area contributed by atoms with E-state index < -0.39 is 0 Å². The second-order valence-electron chi connectivity index (χ2n) is 6.77. The minimum atomic E-state index is 0.101. The van der Waals surface area contributed by atoms with Crippen LogP contribution < -0.4 is 15.0 Å². The van der Waals surface area contributed by atoms with Crippen molar-refractivity contribution in [3.8, 4) is 5.75 Å². The molecule has 2 aromatic rings. The van der Waals surface area contributed by atoms with Crippen LogP contribution in [0, 0.1) is 12.8 Å². The Morgan fingerprint density at radius 3 is 2.80 bits per heavy atom. The molecule has 0 aromatic heterocycles. The lowest BCUT2D eigenvalue weighted by Gasteiger charge is -2.19. The smallest absolute Gasteiger partial charge is 0.224 e. The number of nitrogens with one attached hydrogen (secondary N) is 1. The van der Waals surface area contributed by atoms with Crippen LogP contribution in [0.15, 0.2) is 48.5 Å². The van der Waals surface area contributed by atoms with E-state index in [1.54, 1.807) is 7.11 Å². The number of benzene rings is 2. The Morgan fingerprint density at radius 2 is 2.04 bits per heavy atom. The first-order chi connectivity index (χ1) is 12.1. The SMILES string of the molecule is COc1cccc(N2CC[C@H](CNC(=O)Cc3ccc(C)cc3)C2)c1. The van der Waals surface area contributed by atoms with Crippen LogP contribution in [0.3, 0.4) is 0 Å². The molecule has 0 saturated carbocycles. The lowest BCUT2D eigenvalue weighted by atomic mass is 10.1. The van der Waals surface area contributed by atoms with Crippen LogP contribution in [0.4, 0.5) is 5.69 Å². The number of ether oxygens (including phenoxy) is 1. The van der Waals surface area contributed by atoms with E-state index in [2.05, 4.69) is 29.3 Å². The molecular formula is C21H26N2O2. The van der Waals surface area contributed by atoms with E-state index in [9.17, 15) is 4.79 Å². The number of aryl methyl sites for hydroxylation is 1. The number of rotatable bonds is 6. The Labute approximate surface area is 149 Å². The van der Waals surface area contributed by atoms with Crippen LogP contribution in [-0.2, 0) is 11.2 Å². The van der Waals surface area contributed by atoms with Crippen molar-refractivity contribution in [3.05, 3.63) is 59.7 Å². The Bertz CT molecular complexity index is 712. The molecule has 4 nitrogen and oxygen atoms in total. The monoisotopic (exact) mass is 338 g/mol. The Balaban J connectivity index is 1.46. The van der Waals surface area contributed by atoms with E-state index in [1.165, 1.54) is 11.3 Å². The highest BCUT2D eigenvalue weighted by Gasteiger charge is 2.23. The van der Waals surface area contributed by atoms with E-state index in [1.807, 2.05) is 36.4 Å². The Hall–Kier alpha value is -2.49. The molecule has 1 aliphatic heterocycles. The zero-order valence-corrected chi connectivity index (χ0v) is 15.0. The van der Waals surface area contributed by atoms with Gasteiger partial charge in [0.2, 0.25) is 5.91 Å². The summed E-state index contributed by atoms with van der Waals surface area (Å²) in [6.07, 6.45) is 1.55. The summed E-state index contributed by atoms with van der Waals surface area (Å²) < 4.78 is 5.30. The second kappa shape index (κ2) is 8.06. The molecule has 1 atom stereocenters. The lowest BCUT2D eigenvalue weighted by Crippen LogP contribution is -2.32. The normalized spacial score (nSPS) is 16.7. The summed E-state index contributed by atoms with van der Waals surface area (Å²) in [5.41, 5.74) is 3.47. The third-order valence-corrected chi connectivity index (χ3v) is 4.78. The molecule has 1 aliphatic rings. The quantitative estimate of drug-likeness (QED) is 0.879. The summed E-state index contributed by atoms with van der Waals surface area (Å²) in [7, 11) is 1.69. The summed E-state index contributed by atoms with van der Waals surface area (Å²) in [6.45, 7) is 4.78.